The van der Waals surface area contributed by atoms with Crippen molar-refractivity contribution in [1.82, 2.24) is 0 Å². The van der Waals surface area contributed by atoms with E-state index >= 15 is 0 Å². The molecule has 1 aromatic heterocycles. The normalized spacial score (nSPS) is 13.0. The van der Waals surface area contributed by atoms with Crippen LogP contribution >= 0.6 is 0 Å². The van der Waals surface area contributed by atoms with Gasteiger partial charge in [0.05, 0.1) is 6.04 Å². The maximum atomic E-state index is 5.67. The number of hydrogen-bond acceptors (Lipinski definition) is 4. The second-order valence-corrected chi connectivity index (χ2v) is 2.91. The Morgan fingerprint density at radius 1 is 1.50 bits per heavy atom. The molecule has 1 rings (SSSR count). The van der Waals surface area contributed by atoms with Crippen LogP contribution in [0.4, 0.5) is 5.88 Å². The number of furan rings is 1. The van der Waals surface area contributed by atoms with Crippen molar-refractivity contribution in [2.75, 3.05) is 25.5 Å². The minimum absolute atomic E-state index is 0.196. The predicted octanol–water partition coefficient (Wildman–Crippen LogP) is 0.304. The number of hydrogen-bond donors (Lipinski definition) is 2. The molecule has 68 valence electrons. The first-order valence-corrected chi connectivity index (χ1v) is 3.88. The SMILES string of the molecule is CN(C)c1ccc([C@H](N)CN)o1. The van der Waals surface area contributed by atoms with Gasteiger partial charge >= 0.3 is 0 Å². The summed E-state index contributed by atoms with van der Waals surface area (Å²) in [6, 6.07) is 3.54. The van der Waals surface area contributed by atoms with E-state index in [-0.39, 0.29) is 6.04 Å². The molecule has 0 aliphatic rings. The van der Waals surface area contributed by atoms with Crippen LogP contribution in [0.1, 0.15) is 11.8 Å². The van der Waals surface area contributed by atoms with E-state index in [1.165, 1.54) is 0 Å². The molecular formula is C8H15N3O. The fraction of sp³-hybridized carbons (Fsp3) is 0.500. The summed E-state index contributed by atoms with van der Waals surface area (Å²) in [5, 5.41) is 0. The van der Waals surface area contributed by atoms with Crippen molar-refractivity contribution in [2.24, 2.45) is 11.5 Å². The van der Waals surface area contributed by atoms with Crippen molar-refractivity contribution in [2.45, 2.75) is 6.04 Å². The summed E-state index contributed by atoms with van der Waals surface area (Å²) in [6.45, 7) is 0.403. The molecule has 0 aromatic carbocycles. The van der Waals surface area contributed by atoms with Crippen molar-refractivity contribution in [3.05, 3.63) is 17.9 Å². The third-order valence-electron chi connectivity index (χ3n) is 1.67. The zero-order valence-electron chi connectivity index (χ0n) is 7.45. The fourth-order valence-corrected chi connectivity index (χ4v) is 0.898. The lowest BCUT2D eigenvalue weighted by Gasteiger charge is -2.08. The topological polar surface area (TPSA) is 68.4 Å². The highest BCUT2D eigenvalue weighted by Gasteiger charge is 2.09. The Bertz CT molecular complexity index is 244. The van der Waals surface area contributed by atoms with Crippen LogP contribution in [0.25, 0.3) is 0 Å². The molecule has 12 heavy (non-hydrogen) atoms. The highest BCUT2D eigenvalue weighted by atomic mass is 16.4. The largest absolute Gasteiger partial charge is 0.444 e. The van der Waals surface area contributed by atoms with Crippen molar-refractivity contribution >= 4 is 5.88 Å². The molecule has 1 atom stereocenters. The van der Waals surface area contributed by atoms with Crippen LogP contribution in [0.3, 0.4) is 0 Å². The molecule has 0 unspecified atom stereocenters. The van der Waals surface area contributed by atoms with Gasteiger partial charge in [0.2, 0.25) is 0 Å². The molecule has 0 bridgehead atoms. The van der Waals surface area contributed by atoms with E-state index in [1.807, 2.05) is 31.1 Å². The van der Waals surface area contributed by atoms with Crippen LogP contribution < -0.4 is 16.4 Å². The fourth-order valence-electron chi connectivity index (χ4n) is 0.898. The molecule has 0 amide bonds. The maximum absolute atomic E-state index is 5.67. The van der Waals surface area contributed by atoms with Gasteiger partial charge in [0.15, 0.2) is 5.88 Å². The van der Waals surface area contributed by atoms with Gasteiger partial charge in [-0.2, -0.15) is 0 Å². The van der Waals surface area contributed by atoms with Gasteiger partial charge in [0.1, 0.15) is 5.76 Å². The Morgan fingerprint density at radius 3 is 2.58 bits per heavy atom. The van der Waals surface area contributed by atoms with Gasteiger partial charge in [-0.1, -0.05) is 0 Å². The third kappa shape index (κ3) is 1.78. The van der Waals surface area contributed by atoms with Crippen LogP contribution in [-0.2, 0) is 0 Å². The number of anilines is 1. The minimum Gasteiger partial charge on any atom is -0.444 e. The van der Waals surface area contributed by atoms with Gasteiger partial charge in [0.25, 0.3) is 0 Å². The van der Waals surface area contributed by atoms with Gasteiger partial charge in [-0.15, -0.1) is 0 Å². The van der Waals surface area contributed by atoms with Gasteiger partial charge in [0, 0.05) is 26.7 Å². The number of rotatable bonds is 3. The predicted molar refractivity (Wildman–Crippen MR) is 49.0 cm³/mol. The molecule has 0 aliphatic heterocycles. The lowest BCUT2D eigenvalue weighted by atomic mass is 10.2. The molecular weight excluding hydrogens is 154 g/mol. The zero-order valence-corrected chi connectivity index (χ0v) is 7.45. The van der Waals surface area contributed by atoms with Crippen molar-refractivity contribution < 1.29 is 4.42 Å². The lowest BCUT2D eigenvalue weighted by molar-refractivity contribution is 0.471. The van der Waals surface area contributed by atoms with Crippen LogP contribution in [0.5, 0.6) is 0 Å². The standard InChI is InChI=1S/C8H15N3O/c1-11(2)8-4-3-7(12-8)6(10)5-9/h3-4,6H,5,9-10H2,1-2H3/t6-/m1/s1. The first-order valence-electron chi connectivity index (χ1n) is 3.88. The summed E-state index contributed by atoms with van der Waals surface area (Å²) >= 11 is 0. The lowest BCUT2D eigenvalue weighted by Crippen LogP contribution is -2.20. The molecule has 4 heteroatoms. The summed E-state index contributed by atoms with van der Waals surface area (Å²) in [7, 11) is 3.83. The maximum Gasteiger partial charge on any atom is 0.195 e. The van der Waals surface area contributed by atoms with Crippen LogP contribution in [-0.4, -0.2) is 20.6 Å². The number of nitrogens with two attached hydrogens (primary N) is 2. The summed E-state index contributed by atoms with van der Waals surface area (Å²) in [6.07, 6.45) is 0. The Balaban J connectivity index is 2.77. The molecule has 1 aromatic rings. The zero-order chi connectivity index (χ0) is 9.14. The second kappa shape index (κ2) is 3.60. The van der Waals surface area contributed by atoms with Crippen LogP contribution in [0.2, 0.25) is 0 Å². The first kappa shape index (κ1) is 9.09. The van der Waals surface area contributed by atoms with Gasteiger partial charge in [-0.05, 0) is 6.07 Å². The molecule has 0 radical (unpaired) electrons. The highest BCUT2D eigenvalue weighted by Crippen LogP contribution is 2.19. The van der Waals surface area contributed by atoms with Crippen molar-refractivity contribution in [3.63, 3.8) is 0 Å². The Labute approximate surface area is 72.1 Å². The van der Waals surface area contributed by atoms with E-state index in [0.717, 1.165) is 11.6 Å². The Kier molecular flexibility index (Phi) is 2.73. The number of nitrogens with zero attached hydrogens (tertiary/aromatic N) is 1. The molecule has 1 heterocycles. The molecule has 0 saturated heterocycles. The average molecular weight is 169 g/mol. The average Bonchev–Trinajstić information content (AvgIpc) is 2.51. The van der Waals surface area contributed by atoms with E-state index in [1.54, 1.807) is 0 Å². The second-order valence-electron chi connectivity index (χ2n) is 2.91. The van der Waals surface area contributed by atoms with E-state index < -0.39 is 0 Å². The van der Waals surface area contributed by atoms with Crippen molar-refractivity contribution in [1.29, 1.82) is 0 Å². The smallest absolute Gasteiger partial charge is 0.195 e. The molecule has 0 saturated carbocycles. The molecule has 0 aliphatic carbocycles. The van der Waals surface area contributed by atoms with E-state index in [4.69, 9.17) is 15.9 Å². The van der Waals surface area contributed by atoms with Gasteiger partial charge in [-0.3, -0.25) is 0 Å². The van der Waals surface area contributed by atoms with E-state index in [2.05, 4.69) is 0 Å². The third-order valence-corrected chi connectivity index (χ3v) is 1.67. The summed E-state index contributed by atoms with van der Waals surface area (Å²) in [4.78, 5) is 1.88. The summed E-state index contributed by atoms with van der Waals surface area (Å²) < 4.78 is 5.42. The molecule has 0 fully saturated rings. The minimum atomic E-state index is -0.196. The highest BCUT2D eigenvalue weighted by molar-refractivity contribution is 5.34. The van der Waals surface area contributed by atoms with Gasteiger partial charge in [-0.25, -0.2) is 0 Å². The Hall–Kier alpha value is -1.00. The van der Waals surface area contributed by atoms with Gasteiger partial charge < -0.3 is 20.8 Å². The van der Waals surface area contributed by atoms with Crippen molar-refractivity contribution in [3.8, 4) is 0 Å². The molecule has 4 nitrogen and oxygen atoms in total. The monoisotopic (exact) mass is 169 g/mol. The van der Waals surface area contributed by atoms with Crippen LogP contribution in [0.15, 0.2) is 16.5 Å². The van der Waals surface area contributed by atoms with Crippen LogP contribution in [0, 0.1) is 0 Å². The molecule has 4 N–H and O–H groups in total. The van der Waals surface area contributed by atoms with E-state index in [0.29, 0.717) is 6.54 Å². The first-order chi connectivity index (χ1) is 5.65. The molecule has 0 spiro atoms. The summed E-state index contributed by atoms with van der Waals surface area (Å²) in [5.41, 5.74) is 11.1. The Morgan fingerprint density at radius 2 is 2.17 bits per heavy atom. The van der Waals surface area contributed by atoms with E-state index in [9.17, 15) is 0 Å². The summed E-state index contributed by atoms with van der Waals surface area (Å²) in [5.74, 6) is 1.54. The quantitative estimate of drug-likeness (QED) is 0.683.